The van der Waals surface area contributed by atoms with Gasteiger partial charge >= 0.3 is 0 Å². The summed E-state index contributed by atoms with van der Waals surface area (Å²) in [6.45, 7) is 9.59. The largest absolute Gasteiger partial charge is 0.491 e. The zero-order chi connectivity index (χ0) is 25.0. The van der Waals surface area contributed by atoms with Gasteiger partial charge < -0.3 is 14.5 Å². The first kappa shape index (κ1) is 26.7. The number of carbonyl (C=O) groups is 2. The number of aryl methyl sites for hydroxylation is 1. The summed E-state index contributed by atoms with van der Waals surface area (Å²) in [5.74, 6) is 1.19. The molecule has 1 aliphatic rings. The molecule has 1 aliphatic heterocycles. The minimum atomic E-state index is -0.0396. The van der Waals surface area contributed by atoms with Crippen molar-refractivity contribution in [3.05, 3.63) is 42.5 Å². The van der Waals surface area contributed by atoms with E-state index in [1.54, 1.807) is 11.0 Å². The first-order valence-electron chi connectivity index (χ1n) is 13.1. The molecule has 0 bridgehead atoms. The van der Waals surface area contributed by atoms with Crippen LogP contribution in [0.15, 0.2) is 36.9 Å². The second kappa shape index (κ2) is 13.9. The molecule has 0 radical (unpaired) electrons. The minimum absolute atomic E-state index is 0.0154. The lowest BCUT2D eigenvalue weighted by Crippen LogP contribution is -2.45. The molecule has 3 rings (SSSR count). The third kappa shape index (κ3) is 8.08. The van der Waals surface area contributed by atoms with Gasteiger partial charge in [0.1, 0.15) is 25.0 Å². The summed E-state index contributed by atoms with van der Waals surface area (Å²) in [5.41, 5.74) is 0.598. The van der Waals surface area contributed by atoms with E-state index in [0.29, 0.717) is 43.3 Å². The first-order chi connectivity index (χ1) is 17.0. The van der Waals surface area contributed by atoms with Crippen molar-refractivity contribution in [1.29, 1.82) is 0 Å². The van der Waals surface area contributed by atoms with E-state index in [2.05, 4.69) is 23.9 Å². The molecule has 0 saturated heterocycles. The molecular formula is C27H41N5O3. The standard InChI is InChI=1S/C27H41N5O3/c1-4-30-15-9-5-6-10-17-32(26(33)14-11-16-31-21-28-20-29-31)23(18-22(2)3)19-35-25-13-8-7-12-24(25)27(30)34/h7-8,12-13,20-23H,4-6,9-11,14-19H2,1-3H3/t23-/m0/s1. The van der Waals surface area contributed by atoms with Gasteiger partial charge in [-0.1, -0.05) is 38.8 Å². The molecule has 35 heavy (non-hydrogen) atoms. The van der Waals surface area contributed by atoms with Gasteiger partial charge in [-0.25, -0.2) is 4.98 Å². The lowest BCUT2D eigenvalue weighted by Gasteiger charge is -2.34. The lowest BCUT2D eigenvalue weighted by atomic mass is 10.0. The van der Waals surface area contributed by atoms with Crippen LogP contribution in [-0.4, -0.2) is 68.7 Å². The van der Waals surface area contributed by atoms with Crippen molar-refractivity contribution in [3.8, 4) is 5.75 Å². The number of amides is 2. The van der Waals surface area contributed by atoms with Crippen molar-refractivity contribution in [2.75, 3.05) is 26.2 Å². The Morgan fingerprint density at radius 1 is 1.14 bits per heavy atom. The molecule has 192 valence electrons. The van der Waals surface area contributed by atoms with Gasteiger partial charge in [0, 0.05) is 32.6 Å². The Balaban J connectivity index is 1.78. The zero-order valence-electron chi connectivity index (χ0n) is 21.6. The van der Waals surface area contributed by atoms with Crippen molar-refractivity contribution >= 4 is 11.8 Å². The highest BCUT2D eigenvalue weighted by Crippen LogP contribution is 2.23. The Hall–Kier alpha value is -2.90. The van der Waals surface area contributed by atoms with Gasteiger partial charge in [-0.15, -0.1) is 0 Å². The summed E-state index contributed by atoms with van der Waals surface area (Å²) in [5, 5.41) is 4.13. The number of rotatable bonds is 7. The quantitative estimate of drug-likeness (QED) is 0.582. The summed E-state index contributed by atoms with van der Waals surface area (Å²) in [4.78, 5) is 34.6. The number of hydrogen-bond donors (Lipinski definition) is 0. The summed E-state index contributed by atoms with van der Waals surface area (Å²) in [6, 6.07) is 7.45. The number of hydrogen-bond acceptors (Lipinski definition) is 5. The highest BCUT2D eigenvalue weighted by Gasteiger charge is 2.26. The average molecular weight is 484 g/mol. The topological polar surface area (TPSA) is 80.6 Å². The molecule has 0 N–H and O–H groups in total. The molecular weight excluding hydrogens is 442 g/mol. The predicted octanol–water partition coefficient (Wildman–Crippen LogP) is 4.42. The fourth-order valence-electron chi connectivity index (χ4n) is 4.69. The molecule has 8 nitrogen and oxygen atoms in total. The number of ether oxygens (including phenoxy) is 1. The van der Waals surface area contributed by atoms with Crippen LogP contribution in [0.1, 0.15) is 76.1 Å². The van der Waals surface area contributed by atoms with Crippen LogP contribution in [0.2, 0.25) is 0 Å². The molecule has 1 atom stereocenters. The molecule has 0 aliphatic carbocycles. The Labute approximate surface area is 209 Å². The fourth-order valence-corrected chi connectivity index (χ4v) is 4.69. The van der Waals surface area contributed by atoms with Gasteiger partial charge in [0.2, 0.25) is 5.91 Å². The number of para-hydroxylation sites is 1. The fraction of sp³-hybridized carbons (Fsp3) is 0.630. The molecule has 2 amide bonds. The van der Waals surface area contributed by atoms with Crippen LogP contribution in [0.3, 0.4) is 0 Å². The molecule has 1 aromatic carbocycles. The summed E-state index contributed by atoms with van der Waals surface area (Å²) >= 11 is 0. The number of nitrogens with zero attached hydrogens (tertiary/aromatic N) is 5. The number of benzene rings is 1. The number of aromatic nitrogens is 3. The molecule has 2 aromatic rings. The van der Waals surface area contributed by atoms with Gasteiger partial charge in [0.05, 0.1) is 11.6 Å². The normalized spacial score (nSPS) is 18.2. The van der Waals surface area contributed by atoms with Gasteiger partial charge in [-0.2, -0.15) is 5.10 Å². The van der Waals surface area contributed by atoms with E-state index in [9.17, 15) is 9.59 Å². The van der Waals surface area contributed by atoms with E-state index in [0.717, 1.165) is 51.6 Å². The minimum Gasteiger partial charge on any atom is -0.491 e. The second-order valence-electron chi connectivity index (χ2n) is 9.74. The van der Waals surface area contributed by atoms with E-state index in [4.69, 9.17) is 4.74 Å². The number of fused-ring (bicyclic) bond motifs is 1. The Morgan fingerprint density at radius 2 is 1.91 bits per heavy atom. The Morgan fingerprint density at radius 3 is 2.63 bits per heavy atom. The van der Waals surface area contributed by atoms with Gasteiger partial charge in [-0.05, 0) is 50.7 Å². The van der Waals surface area contributed by atoms with Crippen molar-refractivity contribution in [2.24, 2.45) is 5.92 Å². The van der Waals surface area contributed by atoms with E-state index in [-0.39, 0.29) is 17.9 Å². The Kier molecular flexibility index (Phi) is 10.6. The van der Waals surface area contributed by atoms with Crippen LogP contribution in [0.4, 0.5) is 0 Å². The summed E-state index contributed by atoms with van der Waals surface area (Å²) in [6.07, 6.45) is 9.25. The van der Waals surface area contributed by atoms with Crippen LogP contribution in [0.5, 0.6) is 5.75 Å². The molecule has 2 heterocycles. The van der Waals surface area contributed by atoms with E-state index < -0.39 is 0 Å². The van der Waals surface area contributed by atoms with E-state index in [1.165, 1.54) is 6.33 Å². The van der Waals surface area contributed by atoms with Gasteiger partial charge in [0.25, 0.3) is 5.91 Å². The summed E-state index contributed by atoms with van der Waals surface area (Å²) in [7, 11) is 0. The smallest absolute Gasteiger partial charge is 0.257 e. The van der Waals surface area contributed by atoms with Crippen LogP contribution in [0.25, 0.3) is 0 Å². The molecule has 1 aromatic heterocycles. The van der Waals surface area contributed by atoms with Crippen molar-refractivity contribution < 1.29 is 14.3 Å². The average Bonchev–Trinajstić information content (AvgIpc) is 3.36. The maximum Gasteiger partial charge on any atom is 0.257 e. The number of carbonyl (C=O) groups excluding carboxylic acids is 2. The van der Waals surface area contributed by atoms with Crippen LogP contribution in [-0.2, 0) is 11.3 Å². The molecule has 0 saturated carbocycles. The maximum absolute atomic E-state index is 13.4. The Bertz CT molecular complexity index is 915. The van der Waals surface area contributed by atoms with Gasteiger partial charge in [0.15, 0.2) is 0 Å². The molecule has 8 heteroatoms. The molecule has 0 fully saturated rings. The van der Waals surface area contributed by atoms with E-state index >= 15 is 0 Å². The SMILES string of the molecule is CCN1CCCCCCN(C(=O)CCCn2cncn2)[C@@H](CC(C)C)COc2ccccc2C1=O. The zero-order valence-corrected chi connectivity index (χ0v) is 21.6. The lowest BCUT2D eigenvalue weighted by molar-refractivity contribution is -0.135. The van der Waals surface area contributed by atoms with Gasteiger partial charge in [-0.3, -0.25) is 14.3 Å². The third-order valence-corrected chi connectivity index (χ3v) is 6.54. The van der Waals surface area contributed by atoms with E-state index in [1.807, 2.05) is 41.0 Å². The monoisotopic (exact) mass is 483 g/mol. The highest BCUT2D eigenvalue weighted by atomic mass is 16.5. The summed E-state index contributed by atoms with van der Waals surface area (Å²) < 4.78 is 8.05. The van der Waals surface area contributed by atoms with Crippen molar-refractivity contribution in [1.82, 2.24) is 24.6 Å². The van der Waals surface area contributed by atoms with Crippen LogP contribution < -0.4 is 4.74 Å². The van der Waals surface area contributed by atoms with Crippen LogP contribution in [0, 0.1) is 5.92 Å². The van der Waals surface area contributed by atoms with Crippen LogP contribution >= 0.6 is 0 Å². The first-order valence-corrected chi connectivity index (χ1v) is 13.1. The maximum atomic E-state index is 13.4. The van der Waals surface area contributed by atoms with Crippen molar-refractivity contribution in [3.63, 3.8) is 0 Å². The van der Waals surface area contributed by atoms with Crippen molar-refractivity contribution in [2.45, 2.75) is 78.3 Å². The molecule has 0 spiro atoms. The highest BCUT2D eigenvalue weighted by molar-refractivity contribution is 5.96. The third-order valence-electron chi connectivity index (χ3n) is 6.54. The predicted molar refractivity (Wildman–Crippen MR) is 136 cm³/mol. The second-order valence-corrected chi connectivity index (χ2v) is 9.74. The molecule has 0 unspecified atom stereocenters.